The van der Waals surface area contributed by atoms with Gasteiger partial charge in [0.15, 0.2) is 0 Å². The van der Waals surface area contributed by atoms with Gasteiger partial charge in [-0.05, 0) is 56.3 Å². The summed E-state index contributed by atoms with van der Waals surface area (Å²) in [7, 11) is 0. The molecule has 0 fully saturated rings. The first-order valence-electron chi connectivity index (χ1n) is 9.09. The number of benzene rings is 2. The number of hydrogen-bond acceptors (Lipinski definition) is 3. The molecule has 2 aromatic carbocycles. The zero-order valence-corrected chi connectivity index (χ0v) is 15.9. The first-order valence-corrected chi connectivity index (χ1v) is 9.09. The van der Waals surface area contributed by atoms with Crippen LogP contribution in [0.3, 0.4) is 0 Å². The Labute approximate surface area is 159 Å². The normalized spacial score (nSPS) is 10.2. The Kier molecular flexibility index (Phi) is 7.11. The molecular weight excluding hydrogens is 342 g/mol. The Morgan fingerprint density at radius 3 is 2.07 bits per heavy atom. The van der Waals surface area contributed by atoms with Crippen LogP contribution >= 0.6 is 0 Å². The molecule has 0 spiro atoms. The molecule has 0 aliphatic carbocycles. The maximum atomic E-state index is 12.4. The topological polar surface area (TPSA) is 78.5 Å². The second-order valence-corrected chi connectivity index (χ2v) is 5.99. The van der Waals surface area contributed by atoms with Crippen molar-refractivity contribution in [2.45, 2.75) is 27.2 Å². The molecule has 0 aromatic heterocycles. The van der Waals surface area contributed by atoms with E-state index in [1.807, 2.05) is 13.8 Å². The number of rotatable bonds is 7. The summed E-state index contributed by atoms with van der Waals surface area (Å²) < 4.78 is 0. The quantitative estimate of drug-likeness (QED) is 0.782. The molecule has 0 bridgehead atoms. The van der Waals surface area contributed by atoms with Crippen molar-refractivity contribution in [1.29, 1.82) is 0 Å². The van der Waals surface area contributed by atoms with E-state index in [1.165, 1.54) is 0 Å². The highest BCUT2D eigenvalue weighted by Gasteiger charge is 2.13. The van der Waals surface area contributed by atoms with Gasteiger partial charge < -0.3 is 15.5 Å². The van der Waals surface area contributed by atoms with E-state index in [4.69, 9.17) is 0 Å². The van der Waals surface area contributed by atoms with Crippen molar-refractivity contribution >= 4 is 29.1 Å². The van der Waals surface area contributed by atoms with Crippen LogP contribution in [0.5, 0.6) is 0 Å². The van der Waals surface area contributed by atoms with Crippen molar-refractivity contribution in [3.8, 4) is 0 Å². The molecular formula is C21H25N3O3. The molecule has 0 aliphatic heterocycles. The number of amides is 3. The van der Waals surface area contributed by atoms with Gasteiger partial charge in [0.05, 0.1) is 0 Å². The van der Waals surface area contributed by atoms with Crippen LogP contribution < -0.4 is 10.6 Å². The lowest BCUT2D eigenvalue weighted by Gasteiger charge is -2.18. The van der Waals surface area contributed by atoms with Crippen LogP contribution in [0.25, 0.3) is 0 Å². The molecule has 6 heteroatoms. The summed E-state index contributed by atoms with van der Waals surface area (Å²) in [5.41, 5.74) is 2.20. The highest BCUT2D eigenvalue weighted by Crippen LogP contribution is 2.15. The van der Waals surface area contributed by atoms with Gasteiger partial charge in [-0.15, -0.1) is 0 Å². The summed E-state index contributed by atoms with van der Waals surface area (Å²) in [5.74, 6) is -0.427. The van der Waals surface area contributed by atoms with Gasteiger partial charge in [0, 0.05) is 42.0 Å². The molecule has 27 heavy (non-hydrogen) atoms. The van der Waals surface area contributed by atoms with Gasteiger partial charge in [-0.25, -0.2) is 0 Å². The molecule has 0 heterocycles. The summed E-state index contributed by atoms with van der Waals surface area (Å²) in [6.07, 6.45) is 0.370. The average molecular weight is 367 g/mol. The molecule has 2 aromatic rings. The summed E-state index contributed by atoms with van der Waals surface area (Å²) >= 11 is 0. The fraction of sp³-hybridized carbons (Fsp3) is 0.286. The van der Waals surface area contributed by atoms with Gasteiger partial charge in [-0.2, -0.15) is 0 Å². The van der Waals surface area contributed by atoms with Crippen LogP contribution in [-0.2, 0) is 4.79 Å². The molecule has 0 saturated carbocycles. The van der Waals surface area contributed by atoms with E-state index >= 15 is 0 Å². The van der Waals surface area contributed by atoms with Gasteiger partial charge in [-0.3, -0.25) is 14.4 Å². The van der Waals surface area contributed by atoms with Gasteiger partial charge in [0.25, 0.3) is 11.8 Å². The Hall–Kier alpha value is -3.15. The number of hydrogen-bond donors (Lipinski definition) is 2. The third-order valence-electron chi connectivity index (χ3n) is 4.17. The van der Waals surface area contributed by atoms with E-state index < -0.39 is 0 Å². The van der Waals surface area contributed by atoms with Crippen LogP contribution in [0, 0.1) is 0 Å². The molecule has 0 saturated heterocycles. The Morgan fingerprint density at radius 1 is 0.815 bits per heavy atom. The van der Waals surface area contributed by atoms with E-state index in [9.17, 15) is 14.4 Å². The number of carbonyl (C=O) groups excluding carboxylic acids is 3. The van der Waals surface area contributed by atoms with Crippen LogP contribution in [0.2, 0.25) is 0 Å². The maximum absolute atomic E-state index is 12.4. The molecule has 0 atom stereocenters. The Balaban J connectivity index is 2.07. The molecule has 0 aliphatic rings. The smallest absolute Gasteiger partial charge is 0.255 e. The van der Waals surface area contributed by atoms with Crippen molar-refractivity contribution in [1.82, 2.24) is 4.90 Å². The largest absolute Gasteiger partial charge is 0.339 e. The van der Waals surface area contributed by atoms with Crippen molar-refractivity contribution in [2.75, 3.05) is 23.7 Å². The zero-order chi connectivity index (χ0) is 19.8. The van der Waals surface area contributed by atoms with Gasteiger partial charge >= 0.3 is 0 Å². The van der Waals surface area contributed by atoms with E-state index in [-0.39, 0.29) is 17.7 Å². The molecule has 3 amide bonds. The van der Waals surface area contributed by atoms with E-state index in [2.05, 4.69) is 10.6 Å². The monoisotopic (exact) mass is 367 g/mol. The average Bonchev–Trinajstić information content (AvgIpc) is 2.69. The molecule has 2 N–H and O–H groups in total. The predicted molar refractivity (Wildman–Crippen MR) is 107 cm³/mol. The molecule has 0 radical (unpaired) electrons. The van der Waals surface area contributed by atoms with Crippen LogP contribution in [-0.4, -0.2) is 35.7 Å². The molecule has 2 rings (SSSR count). The lowest BCUT2D eigenvalue weighted by Crippen LogP contribution is -2.30. The van der Waals surface area contributed by atoms with Crippen molar-refractivity contribution in [2.24, 2.45) is 0 Å². The first-order chi connectivity index (χ1) is 13.0. The van der Waals surface area contributed by atoms with E-state index in [0.717, 1.165) is 0 Å². The van der Waals surface area contributed by atoms with Gasteiger partial charge in [0.2, 0.25) is 5.91 Å². The van der Waals surface area contributed by atoms with Crippen molar-refractivity contribution in [3.63, 3.8) is 0 Å². The summed E-state index contributed by atoms with van der Waals surface area (Å²) in [6, 6.07) is 13.6. The Morgan fingerprint density at radius 2 is 1.48 bits per heavy atom. The number of anilines is 2. The zero-order valence-electron chi connectivity index (χ0n) is 15.9. The van der Waals surface area contributed by atoms with E-state index in [1.54, 1.807) is 60.4 Å². The number of nitrogens with one attached hydrogen (secondary N) is 2. The highest BCUT2D eigenvalue weighted by molar-refractivity contribution is 6.05. The highest BCUT2D eigenvalue weighted by atomic mass is 16.2. The maximum Gasteiger partial charge on any atom is 0.255 e. The van der Waals surface area contributed by atoms with Crippen LogP contribution in [0.15, 0.2) is 48.5 Å². The molecule has 0 unspecified atom stereocenters. The summed E-state index contributed by atoms with van der Waals surface area (Å²) in [6.45, 7) is 6.94. The van der Waals surface area contributed by atoms with Crippen LogP contribution in [0.4, 0.5) is 11.4 Å². The number of nitrogens with zero attached hydrogens (tertiary/aromatic N) is 1. The number of carbonyl (C=O) groups is 3. The minimum absolute atomic E-state index is 0.0303. The SMILES string of the molecule is CCC(=O)Nc1cccc(C(=O)Nc2ccc(C(=O)N(CC)CC)cc2)c1. The summed E-state index contributed by atoms with van der Waals surface area (Å²) in [5, 5.41) is 5.53. The minimum atomic E-state index is -0.287. The van der Waals surface area contributed by atoms with Crippen molar-refractivity contribution < 1.29 is 14.4 Å². The Bertz CT molecular complexity index is 812. The van der Waals surface area contributed by atoms with Gasteiger partial charge in [0.1, 0.15) is 0 Å². The first kappa shape index (κ1) is 20.2. The predicted octanol–water partition coefficient (Wildman–Crippen LogP) is 3.77. The summed E-state index contributed by atoms with van der Waals surface area (Å²) in [4.78, 5) is 38.0. The van der Waals surface area contributed by atoms with Crippen molar-refractivity contribution in [3.05, 3.63) is 59.7 Å². The lowest BCUT2D eigenvalue weighted by atomic mass is 10.1. The third-order valence-corrected chi connectivity index (χ3v) is 4.17. The molecule has 142 valence electrons. The second kappa shape index (κ2) is 9.52. The minimum Gasteiger partial charge on any atom is -0.339 e. The van der Waals surface area contributed by atoms with E-state index in [0.29, 0.717) is 42.0 Å². The fourth-order valence-electron chi connectivity index (χ4n) is 2.58. The fourth-order valence-corrected chi connectivity index (χ4v) is 2.58. The van der Waals surface area contributed by atoms with Crippen LogP contribution in [0.1, 0.15) is 47.9 Å². The second-order valence-electron chi connectivity index (χ2n) is 5.99. The molecule has 6 nitrogen and oxygen atoms in total. The lowest BCUT2D eigenvalue weighted by molar-refractivity contribution is -0.115. The van der Waals surface area contributed by atoms with Gasteiger partial charge in [-0.1, -0.05) is 13.0 Å². The third kappa shape index (κ3) is 5.41. The standard InChI is InChI=1S/C21H25N3O3/c1-4-19(25)22-18-9-7-8-16(14-18)20(26)23-17-12-10-15(11-13-17)21(27)24(5-2)6-3/h7-14H,4-6H2,1-3H3,(H,22,25)(H,23,26).